The molecule has 0 aromatic carbocycles. The fraction of sp³-hybridized carbons (Fsp3) is 0.714. The Morgan fingerprint density at radius 1 is 1.46 bits per heavy atom. The second-order valence-corrected chi connectivity index (χ2v) is 2.87. The molecule has 0 aliphatic carbocycles. The van der Waals surface area contributed by atoms with Gasteiger partial charge in [0, 0.05) is 6.04 Å². The maximum absolute atomic E-state index is 11.1. The molecule has 13 heavy (non-hydrogen) atoms. The fourth-order valence-corrected chi connectivity index (χ4v) is 0.510. The zero-order chi connectivity index (χ0) is 10.4. The molecule has 0 aromatic rings. The first-order valence-electron chi connectivity index (χ1n) is 3.90. The van der Waals surface area contributed by atoms with Crippen LogP contribution < -0.4 is 16.9 Å². The summed E-state index contributed by atoms with van der Waals surface area (Å²) in [5.74, 6) is -1.38. The Morgan fingerprint density at radius 3 is 2.38 bits per heavy atom. The average Bonchev–Trinajstić information content (AvgIpc) is 2.02. The number of hydrogen-bond acceptors (Lipinski definition) is 4. The van der Waals surface area contributed by atoms with Crippen LogP contribution in [0.2, 0.25) is 0 Å². The number of primary amides is 1. The normalized spacial score (nSPS) is 14.7. The zero-order valence-electron chi connectivity index (χ0n) is 7.74. The highest BCUT2D eigenvalue weighted by Gasteiger charge is 2.16. The van der Waals surface area contributed by atoms with Gasteiger partial charge in [0.25, 0.3) is 0 Å². The lowest BCUT2D eigenvalue weighted by molar-refractivity contribution is -0.141. The fourth-order valence-electron chi connectivity index (χ4n) is 0.510. The van der Waals surface area contributed by atoms with Crippen molar-refractivity contribution in [1.29, 1.82) is 0 Å². The molecule has 6 heteroatoms. The van der Waals surface area contributed by atoms with Gasteiger partial charge in [-0.25, -0.2) is 5.48 Å². The third kappa shape index (κ3) is 5.15. The predicted octanol–water partition coefficient (Wildman–Crippen LogP) is -1.50. The average molecular weight is 189 g/mol. The maximum Gasteiger partial charge on any atom is 0.247 e. The Bertz CT molecular complexity index is 193. The minimum absolute atomic E-state index is 0.267. The van der Waals surface area contributed by atoms with E-state index in [1.165, 1.54) is 0 Å². The lowest BCUT2D eigenvalue weighted by Crippen LogP contribution is -2.39. The largest absolute Gasteiger partial charge is 0.368 e. The number of carbonyl (C=O) groups excluding carboxylic acids is 2. The minimum atomic E-state index is -0.645. The standard InChI is InChI=1S/C7H15N3O3/c1-4(5(2)8)7(12)10-13-3-6(9)11/h4-5H,3,8H2,1-2H3,(H2,9,11)(H,10,12). The summed E-state index contributed by atoms with van der Waals surface area (Å²) in [6, 6.07) is -0.267. The van der Waals surface area contributed by atoms with Crippen molar-refractivity contribution < 1.29 is 14.4 Å². The van der Waals surface area contributed by atoms with Crippen LogP contribution in [-0.2, 0) is 14.4 Å². The van der Waals surface area contributed by atoms with Gasteiger partial charge in [-0.1, -0.05) is 6.92 Å². The molecule has 0 saturated heterocycles. The summed E-state index contributed by atoms with van der Waals surface area (Å²) in [5.41, 5.74) is 12.3. The van der Waals surface area contributed by atoms with Crippen molar-refractivity contribution in [3.63, 3.8) is 0 Å². The smallest absolute Gasteiger partial charge is 0.247 e. The monoisotopic (exact) mass is 189 g/mol. The van der Waals surface area contributed by atoms with Gasteiger partial charge in [0.2, 0.25) is 11.8 Å². The first-order valence-corrected chi connectivity index (χ1v) is 3.90. The molecule has 76 valence electrons. The molecule has 0 rings (SSSR count). The van der Waals surface area contributed by atoms with Gasteiger partial charge in [-0.2, -0.15) is 0 Å². The SMILES string of the molecule is CC(N)C(C)C(=O)NOCC(N)=O. The van der Waals surface area contributed by atoms with Crippen molar-refractivity contribution in [2.24, 2.45) is 17.4 Å². The molecular formula is C7H15N3O3. The van der Waals surface area contributed by atoms with Crippen molar-refractivity contribution in [3.05, 3.63) is 0 Å². The predicted molar refractivity (Wildman–Crippen MR) is 46.1 cm³/mol. The molecule has 2 unspecified atom stereocenters. The molecule has 0 heterocycles. The molecule has 5 N–H and O–H groups in total. The molecule has 0 fully saturated rings. The molecule has 0 spiro atoms. The summed E-state index contributed by atoms with van der Waals surface area (Å²) in [7, 11) is 0. The topological polar surface area (TPSA) is 107 Å². The van der Waals surface area contributed by atoms with E-state index in [1.54, 1.807) is 13.8 Å². The van der Waals surface area contributed by atoms with Crippen LogP contribution in [0.3, 0.4) is 0 Å². The summed E-state index contributed by atoms with van der Waals surface area (Å²) < 4.78 is 0. The molecule has 6 nitrogen and oxygen atoms in total. The van der Waals surface area contributed by atoms with Crippen LogP contribution >= 0.6 is 0 Å². The van der Waals surface area contributed by atoms with Crippen LogP contribution in [0, 0.1) is 5.92 Å². The molecule has 2 atom stereocenters. The first kappa shape index (κ1) is 11.9. The summed E-state index contributed by atoms with van der Waals surface area (Å²) in [5, 5.41) is 0. The third-order valence-electron chi connectivity index (χ3n) is 1.59. The number of amides is 2. The van der Waals surface area contributed by atoms with Gasteiger partial charge >= 0.3 is 0 Å². The number of rotatable bonds is 5. The van der Waals surface area contributed by atoms with E-state index in [0.717, 1.165) is 0 Å². The summed E-state index contributed by atoms with van der Waals surface area (Å²) in [6.45, 7) is 3.03. The van der Waals surface area contributed by atoms with Crippen LogP contribution in [0.5, 0.6) is 0 Å². The number of hydroxylamine groups is 1. The van der Waals surface area contributed by atoms with E-state index in [4.69, 9.17) is 11.5 Å². The van der Waals surface area contributed by atoms with Crippen LogP contribution in [0.4, 0.5) is 0 Å². The molecule has 2 amide bonds. The summed E-state index contributed by atoms with van der Waals surface area (Å²) in [6.07, 6.45) is 0. The molecule has 0 aliphatic rings. The Balaban J connectivity index is 3.68. The third-order valence-corrected chi connectivity index (χ3v) is 1.59. The van der Waals surface area contributed by atoms with Crippen molar-refractivity contribution in [2.45, 2.75) is 19.9 Å². The highest BCUT2D eigenvalue weighted by atomic mass is 16.7. The quantitative estimate of drug-likeness (QED) is 0.457. The summed E-state index contributed by atoms with van der Waals surface area (Å²) in [4.78, 5) is 25.8. The van der Waals surface area contributed by atoms with Crippen LogP contribution in [-0.4, -0.2) is 24.5 Å². The highest BCUT2D eigenvalue weighted by molar-refractivity contribution is 5.78. The molecule has 0 aromatic heterocycles. The first-order chi connectivity index (χ1) is 5.95. The van der Waals surface area contributed by atoms with E-state index in [0.29, 0.717) is 0 Å². The van der Waals surface area contributed by atoms with Gasteiger partial charge in [0.1, 0.15) is 0 Å². The molecule has 0 aliphatic heterocycles. The van der Waals surface area contributed by atoms with E-state index in [1.807, 2.05) is 0 Å². The lowest BCUT2D eigenvalue weighted by atomic mass is 10.0. The number of nitrogens with one attached hydrogen (secondary N) is 1. The van der Waals surface area contributed by atoms with E-state index in [2.05, 4.69) is 10.3 Å². The second-order valence-electron chi connectivity index (χ2n) is 2.87. The number of hydrogen-bond donors (Lipinski definition) is 3. The Hall–Kier alpha value is -1.14. The van der Waals surface area contributed by atoms with E-state index >= 15 is 0 Å². The van der Waals surface area contributed by atoms with Crippen molar-refractivity contribution in [1.82, 2.24) is 5.48 Å². The Morgan fingerprint density at radius 2 is 2.00 bits per heavy atom. The van der Waals surface area contributed by atoms with E-state index < -0.39 is 5.91 Å². The zero-order valence-corrected chi connectivity index (χ0v) is 7.74. The van der Waals surface area contributed by atoms with Crippen molar-refractivity contribution in [2.75, 3.05) is 6.61 Å². The lowest BCUT2D eigenvalue weighted by Gasteiger charge is -2.14. The Labute approximate surface area is 76.5 Å². The van der Waals surface area contributed by atoms with Crippen LogP contribution in [0.1, 0.15) is 13.8 Å². The number of nitrogens with two attached hydrogens (primary N) is 2. The van der Waals surface area contributed by atoms with Crippen LogP contribution in [0.25, 0.3) is 0 Å². The van der Waals surface area contributed by atoms with Gasteiger partial charge in [-0.3, -0.25) is 14.4 Å². The molecular weight excluding hydrogens is 174 g/mol. The second kappa shape index (κ2) is 5.50. The molecule has 0 radical (unpaired) electrons. The van der Waals surface area contributed by atoms with Gasteiger partial charge in [0.05, 0.1) is 5.92 Å². The maximum atomic E-state index is 11.1. The van der Waals surface area contributed by atoms with Gasteiger partial charge in [0.15, 0.2) is 6.61 Å². The minimum Gasteiger partial charge on any atom is -0.368 e. The molecule has 0 bridgehead atoms. The van der Waals surface area contributed by atoms with Gasteiger partial charge in [-0.15, -0.1) is 0 Å². The van der Waals surface area contributed by atoms with Gasteiger partial charge < -0.3 is 11.5 Å². The highest BCUT2D eigenvalue weighted by Crippen LogP contribution is 1.98. The van der Waals surface area contributed by atoms with Gasteiger partial charge in [-0.05, 0) is 6.92 Å². The van der Waals surface area contributed by atoms with Crippen molar-refractivity contribution in [3.8, 4) is 0 Å². The molecule has 0 saturated carbocycles. The van der Waals surface area contributed by atoms with E-state index in [-0.39, 0.29) is 24.5 Å². The van der Waals surface area contributed by atoms with Crippen molar-refractivity contribution >= 4 is 11.8 Å². The van der Waals surface area contributed by atoms with Crippen LogP contribution in [0.15, 0.2) is 0 Å². The number of carbonyl (C=O) groups is 2. The summed E-state index contributed by atoms with van der Waals surface area (Å²) >= 11 is 0. The Kier molecular flexibility index (Phi) is 5.01. The van der Waals surface area contributed by atoms with E-state index in [9.17, 15) is 9.59 Å².